The van der Waals surface area contributed by atoms with Crippen molar-refractivity contribution in [2.45, 2.75) is 0 Å². The molecule has 0 aliphatic heterocycles. The van der Waals surface area contributed by atoms with Crippen molar-refractivity contribution in [3.05, 3.63) is 51.3 Å². The zero-order valence-corrected chi connectivity index (χ0v) is 11.2. The first-order valence-corrected chi connectivity index (χ1v) is 5.92. The molecule has 0 saturated heterocycles. The van der Waals surface area contributed by atoms with Crippen LogP contribution in [-0.2, 0) is 0 Å². The first kappa shape index (κ1) is 12.2. The Balaban J connectivity index is 2.35. The topological polar surface area (TPSA) is 39.4 Å². The smallest absolute Gasteiger partial charge is 0.228 e. The van der Waals surface area contributed by atoms with Crippen molar-refractivity contribution >= 4 is 33.3 Å². The van der Waals surface area contributed by atoms with Crippen LogP contribution in [0.4, 0.5) is 0 Å². The standard InChI is InChI=1S/C12H8BrClO3/c1-16-9-3-2-7(6-8(9)14)12(15)10-4-5-11(13)17-10/h2-6H,1H3. The van der Waals surface area contributed by atoms with Gasteiger partial charge in [0.05, 0.1) is 12.1 Å². The number of rotatable bonds is 3. The number of carbonyl (C=O) groups excluding carboxylic acids is 1. The van der Waals surface area contributed by atoms with E-state index < -0.39 is 0 Å². The molecule has 0 radical (unpaired) electrons. The second kappa shape index (κ2) is 4.94. The molecule has 0 aliphatic carbocycles. The van der Waals surface area contributed by atoms with E-state index >= 15 is 0 Å². The zero-order valence-electron chi connectivity index (χ0n) is 8.87. The predicted octanol–water partition coefficient (Wildman–Crippen LogP) is 3.94. The van der Waals surface area contributed by atoms with E-state index in [1.54, 1.807) is 30.3 Å². The molecule has 17 heavy (non-hydrogen) atoms. The fourth-order valence-electron chi connectivity index (χ4n) is 1.39. The number of carbonyl (C=O) groups is 1. The fourth-order valence-corrected chi connectivity index (χ4v) is 1.95. The molecule has 0 atom stereocenters. The van der Waals surface area contributed by atoms with Gasteiger partial charge in [-0.1, -0.05) is 11.6 Å². The van der Waals surface area contributed by atoms with Gasteiger partial charge in [-0.3, -0.25) is 4.79 Å². The summed E-state index contributed by atoms with van der Waals surface area (Å²) in [5.41, 5.74) is 0.456. The molecular formula is C12H8BrClO3. The van der Waals surface area contributed by atoms with Crippen LogP contribution in [0.15, 0.2) is 39.4 Å². The van der Waals surface area contributed by atoms with Crippen LogP contribution >= 0.6 is 27.5 Å². The first-order valence-electron chi connectivity index (χ1n) is 4.75. The van der Waals surface area contributed by atoms with Crippen LogP contribution in [0.25, 0.3) is 0 Å². The molecular weight excluding hydrogens is 307 g/mol. The molecule has 3 nitrogen and oxygen atoms in total. The molecule has 0 N–H and O–H groups in total. The largest absolute Gasteiger partial charge is 0.495 e. The number of hydrogen-bond acceptors (Lipinski definition) is 3. The Hall–Kier alpha value is -1.26. The molecule has 1 aromatic heterocycles. The quantitative estimate of drug-likeness (QED) is 0.806. The Morgan fingerprint density at radius 3 is 2.65 bits per heavy atom. The highest BCUT2D eigenvalue weighted by Crippen LogP contribution is 2.26. The van der Waals surface area contributed by atoms with Crippen LogP contribution in [-0.4, -0.2) is 12.9 Å². The van der Waals surface area contributed by atoms with Gasteiger partial charge in [-0.2, -0.15) is 0 Å². The molecule has 0 fully saturated rings. The summed E-state index contributed by atoms with van der Waals surface area (Å²) < 4.78 is 10.7. The van der Waals surface area contributed by atoms with Gasteiger partial charge < -0.3 is 9.15 Å². The van der Waals surface area contributed by atoms with Gasteiger partial charge >= 0.3 is 0 Å². The van der Waals surface area contributed by atoms with Crippen molar-refractivity contribution in [2.75, 3.05) is 7.11 Å². The van der Waals surface area contributed by atoms with E-state index in [2.05, 4.69) is 15.9 Å². The summed E-state index contributed by atoms with van der Waals surface area (Å²) in [6, 6.07) is 8.11. The second-order valence-corrected chi connectivity index (χ2v) is 4.47. The Morgan fingerprint density at radius 2 is 2.12 bits per heavy atom. The molecule has 0 saturated carbocycles. The summed E-state index contributed by atoms with van der Waals surface area (Å²) in [7, 11) is 1.52. The monoisotopic (exact) mass is 314 g/mol. The van der Waals surface area contributed by atoms with E-state index in [-0.39, 0.29) is 11.5 Å². The lowest BCUT2D eigenvalue weighted by Gasteiger charge is -2.04. The number of ether oxygens (including phenoxy) is 1. The summed E-state index contributed by atoms with van der Waals surface area (Å²) in [5.74, 6) is 0.571. The summed E-state index contributed by atoms with van der Waals surface area (Å²) in [5, 5.41) is 0.393. The lowest BCUT2D eigenvalue weighted by Crippen LogP contribution is -1.99. The molecule has 1 heterocycles. The number of halogens is 2. The summed E-state index contributed by atoms with van der Waals surface area (Å²) in [6.45, 7) is 0. The third-order valence-corrected chi connectivity index (χ3v) is 2.93. The van der Waals surface area contributed by atoms with E-state index in [9.17, 15) is 4.79 Å². The van der Waals surface area contributed by atoms with Crippen LogP contribution in [0.3, 0.4) is 0 Å². The highest BCUT2D eigenvalue weighted by Gasteiger charge is 2.14. The molecule has 1 aromatic carbocycles. The molecule has 0 aliphatic rings. The summed E-state index contributed by atoms with van der Waals surface area (Å²) in [4.78, 5) is 12.0. The van der Waals surface area contributed by atoms with Gasteiger partial charge in [0, 0.05) is 5.56 Å². The molecule has 2 aromatic rings. The minimum absolute atomic E-state index is 0.222. The van der Waals surface area contributed by atoms with E-state index in [0.717, 1.165) is 0 Å². The van der Waals surface area contributed by atoms with Gasteiger partial charge in [0.1, 0.15) is 5.75 Å². The highest BCUT2D eigenvalue weighted by molar-refractivity contribution is 9.10. The van der Waals surface area contributed by atoms with E-state index in [1.807, 2.05) is 0 Å². The summed E-state index contributed by atoms with van der Waals surface area (Å²) >= 11 is 9.09. The number of furan rings is 1. The number of hydrogen-bond donors (Lipinski definition) is 0. The molecule has 2 rings (SSSR count). The number of benzene rings is 1. The van der Waals surface area contributed by atoms with Crippen LogP contribution in [0, 0.1) is 0 Å². The zero-order chi connectivity index (χ0) is 12.4. The van der Waals surface area contributed by atoms with Crippen molar-refractivity contribution in [3.8, 4) is 5.75 Å². The van der Waals surface area contributed by atoms with E-state index in [1.165, 1.54) is 7.11 Å². The molecule has 0 amide bonds. The van der Waals surface area contributed by atoms with Gasteiger partial charge in [-0.15, -0.1) is 0 Å². The van der Waals surface area contributed by atoms with Gasteiger partial charge in [-0.05, 0) is 46.3 Å². The molecule has 0 bridgehead atoms. The highest BCUT2D eigenvalue weighted by atomic mass is 79.9. The number of ketones is 1. The molecule has 0 spiro atoms. The Bertz CT molecular complexity index is 563. The summed E-state index contributed by atoms with van der Waals surface area (Å²) in [6.07, 6.45) is 0. The van der Waals surface area contributed by atoms with Crippen molar-refractivity contribution in [1.82, 2.24) is 0 Å². The maximum absolute atomic E-state index is 12.0. The van der Waals surface area contributed by atoms with Gasteiger partial charge in [0.25, 0.3) is 0 Å². The maximum Gasteiger partial charge on any atom is 0.228 e. The molecule has 0 unspecified atom stereocenters. The predicted molar refractivity (Wildman–Crippen MR) is 67.8 cm³/mol. The Labute approximate surface area is 111 Å². The number of methoxy groups -OCH3 is 1. The van der Waals surface area contributed by atoms with Gasteiger partial charge in [-0.25, -0.2) is 0 Å². The normalized spacial score (nSPS) is 10.3. The lowest BCUT2D eigenvalue weighted by atomic mass is 10.1. The maximum atomic E-state index is 12.0. The van der Waals surface area contributed by atoms with E-state index in [4.69, 9.17) is 20.8 Å². The van der Waals surface area contributed by atoms with Crippen LogP contribution in [0.2, 0.25) is 5.02 Å². The van der Waals surface area contributed by atoms with Gasteiger partial charge in [0.15, 0.2) is 10.4 Å². The average molecular weight is 316 g/mol. The van der Waals surface area contributed by atoms with Crippen LogP contribution in [0.5, 0.6) is 5.75 Å². The third-order valence-electron chi connectivity index (χ3n) is 2.21. The lowest BCUT2D eigenvalue weighted by molar-refractivity contribution is 0.101. The SMILES string of the molecule is COc1ccc(C(=O)c2ccc(Br)o2)cc1Cl. The Morgan fingerprint density at radius 1 is 1.35 bits per heavy atom. The van der Waals surface area contributed by atoms with Crippen molar-refractivity contribution in [3.63, 3.8) is 0 Å². The van der Waals surface area contributed by atoms with Gasteiger partial charge in [0.2, 0.25) is 5.78 Å². The Kier molecular flexibility index (Phi) is 3.54. The van der Waals surface area contributed by atoms with E-state index in [0.29, 0.717) is 21.0 Å². The van der Waals surface area contributed by atoms with Crippen molar-refractivity contribution in [1.29, 1.82) is 0 Å². The third kappa shape index (κ3) is 2.53. The average Bonchev–Trinajstić information content (AvgIpc) is 2.75. The molecule has 5 heteroatoms. The minimum Gasteiger partial charge on any atom is -0.495 e. The van der Waals surface area contributed by atoms with Crippen molar-refractivity contribution in [2.24, 2.45) is 0 Å². The second-order valence-electron chi connectivity index (χ2n) is 3.28. The first-order chi connectivity index (χ1) is 8.11. The fraction of sp³-hybridized carbons (Fsp3) is 0.0833. The molecule has 88 valence electrons. The van der Waals surface area contributed by atoms with Crippen molar-refractivity contribution < 1.29 is 13.9 Å². The van der Waals surface area contributed by atoms with Crippen LogP contribution < -0.4 is 4.74 Å². The van der Waals surface area contributed by atoms with Crippen LogP contribution in [0.1, 0.15) is 16.1 Å². The minimum atomic E-state index is -0.222.